The molecular formula is C13H17N3. The molecule has 0 radical (unpaired) electrons. The maximum absolute atomic E-state index is 5.82. The van der Waals surface area contributed by atoms with Crippen molar-refractivity contribution in [1.82, 2.24) is 9.78 Å². The summed E-state index contributed by atoms with van der Waals surface area (Å²) in [5, 5.41) is 4.44. The van der Waals surface area contributed by atoms with Crippen LogP contribution in [0.1, 0.15) is 18.2 Å². The number of aromatic nitrogens is 2. The van der Waals surface area contributed by atoms with Crippen molar-refractivity contribution in [3.8, 4) is 11.1 Å². The predicted molar refractivity (Wildman–Crippen MR) is 67.2 cm³/mol. The van der Waals surface area contributed by atoms with Crippen LogP contribution in [0, 0.1) is 13.8 Å². The summed E-state index contributed by atoms with van der Waals surface area (Å²) in [6, 6.07) is 6.11. The molecule has 2 aromatic rings. The molecule has 0 fully saturated rings. The van der Waals surface area contributed by atoms with Crippen molar-refractivity contribution < 1.29 is 0 Å². The molecule has 0 aliphatic rings. The standard InChI is InChI=1S/C13H17N3/c1-4-16-8-12(10(3)15-16)11-5-6-13(14)9(2)7-11/h5-8H,4,14H2,1-3H3. The molecule has 0 saturated carbocycles. The van der Waals surface area contributed by atoms with Gasteiger partial charge < -0.3 is 5.73 Å². The van der Waals surface area contributed by atoms with Gasteiger partial charge in [0.2, 0.25) is 0 Å². The molecule has 1 aromatic carbocycles. The molecule has 0 unspecified atom stereocenters. The van der Waals surface area contributed by atoms with E-state index in [2.05, 4.69) is 24.3 Å². The zero-order chi connectivity index (χ0) is 11.7. The van der Waals surface area contributed by atoms with Crippen LogP contribution >= 0.6 is 0 Å². The smallest absolute Gasteiger partial charge is 0.0672 e. The third-order valence-corrected chi connectivity index (χ3v) is 2.85. The average Bonchev–Trinajstić information content (AvgIpc) is 2.64. The minimum atomic E-state index is 0.837. The van der Waals surface area contributed by atoms with Gasteiger partial charge in [-0.15, -0.1) is 0 Å². The van der Waals surface area contributed by atoms with Crippen LogP contribution in [0.4, 0.5) is 5.69 Å². The summed E-state index contributed by atoms with van der Waals surface area (Å²) < 4.78 is 1.95. The fourth-order valence-corrected chi connectivity index (χ4v) is 1.81. The van der Waals surface area contributed by atoms with Crippen LogP contribution in [-0.4, -0.2) is 9.78 Å². The minimum Gasteiger partial charge on any atom is -0.399 e. The monoisotopic (exact) mass is 215 g/mol. The van der Waals surface area contributed by atoms with Crippen LogP contribution in [0.5, 0.6) is 0 Å². The molecule has 2 rings (SSSR count). The number of hydrogen-bond donors (Lipinski definition) is 1. The summed E-state index contributed by atoms with van der Waals surface area (Å²) in [7, 11) is 0. The van der Waals surface area contributed by atoms with E-state index >= 15 is 0 Å². The van der Waals surface area contributed by atoms with Gasteiger partial charge in [0, 0.05) is 24.0 Å². The molecule has 84 valence electrons. The number of hydrogen-bond acceptors (Lipinski definition) is 2. The molecule has 3 heteroatoms. The summed E-state index contributed by atoms with van der Waals surface area (Å²) in [6.45, 7) is 7.05. The third kappa shape index (κ3) is 1.81. The normalized spacial score (nSPS) is 10.7. The molecule has 0 saturated heterocycles. The van der Waals surface area contributed by atoms with Crippen LogP contribution in [0.25, 0.3) is 11.1 Å². The van der Waals surface area contributed by atoms with Crippen molar-refractivity contribution in [3.63, 3.8) is 0 Å². The first-order chi connectivity index (χ1) is 7.61. The Morgan fingerprint density at radius 2 is 2.06 bits per heavy atom. The molecular weight excluding hydrogens is 198 g/mol. The number of nitrogens with two attached hydrogens (primary N) is 1. The predicted octanol–water partition coefficient (Wildman–Crippen LogP) is 2.77. The van der Waals surface area contributed by atoms with E-state index in [-0.39, 0.29) is 0 Å². The second kappa shape index (κ2) is 4.00. The van der Waals surface area contributed by atoms with E-state index in [1.165, 1.54) is 11.1 Å². The van der Waals surface area contributed by atoms with Gasteiger partial charge >= 0.3 is 0 Å². The molecule has 0 aliphatic heterocycles. The van der Waals surface area contributed by atoms with E-state index in [0.29, 0.717) is 0 Å². The van der Waals surface area contributed by atoms with Crippen LogP contribution in [0.3, 0.4) is 0 Å². The van der Waals surface area contributed by atoms with Gasteiger partial charge in [0.25, 0.3) is 0 Å². The quantitative estimate of drug-likeness (QED) is 0.783. The number of benzene rings is 1. The molecule has 1 heterocycles. The lowest BCUT2D eigenvalue weighted by Crippen LogP contribution is -1.93. The Balaban J connectivity index is 2.49. The molecule has 16 heavy (non-hydrogen) atoms. The highest BCUT2D eigenvalue weighted by atomic mass is 15.3. The van der Waals surface area contributed by atoms with Gasteiger partial charge in [-0.2, -0.15) is 5.10 Å². The Morgan fingerprint density at radius 1 is 1.31 bits per heavy atom. The molecule has 0 bridgehead atoms. The number of anilines is 1. The lowest BCUT2D eigenvalue weighted by Gasteiger charge is -2.03. The summed E-state index contributed by atoms with van der Waals surface area (Å²) >= 11 is 0. The van der Waals surface area contributed by atoms with E-state index in [0.717, 1.165) is 23.5 Å². The Bertz CT molecular complexity index is 512. The molecule has 0 atom stereocenters. The van der Waals surface area contributed by atoms with E-state index < -0.39 is 0 Å². The fraction of sp³-hybridized carbons (Fsp3) is 0.308. The third-order valence-electron chi connectivity index (χ3n) is 2.85. The van der Waals surface area contributed by atoms with Crippen LogP contribution < -0.4 is 5.73 Å². The summed E-state index contributed by atoms with van der Waals surface area (Å²) in [4.78, 5) is 0. The van der Waals surface area contributed by atoms with Gasteiger partial charge in [-0.3, -0.25) is 4.68 Å². The van der Waals surface area contributed by atoms with Crippen molar-refractivity contribution in [2.45, 2.75) is 27.3 Å². The topological polar surface area (TPSA) is 43.8 Å². The number of aryl methyl sites for hydroxylation is 3. The lowest BCUT2D eigenvalue weighted by molar-refractivity contribution is 0.653. The highest BCUT2D eigenvalue weighted by Crippen LogP contribution is 2.25. The lowest BCUT2D eigenvalue weighted by atomic mass is 10.0. The van der Waals surface area contributed by atoms with Gasteiger partial charge in [-0.25, -0.2) is 0 Å². The van der Waals surface area contributed by atoms with Crippen molar-refractivity contribution in [3.05, 3.63) is 35.7 Å². The van der Waals surface area contributed by atoms with Crippen LogP contribution in [0.15, 0.2) is 24.4 Å². The van der Waals surface area contributed by atoms with E-state index in [1.54, 1.807) is 0 Å². The molecule has 0 amide bonds. The second-order valence-electron chi connectivity index (χ2n) is 4.06. The number of nitrogen functional groups attached to an aromatic ring is 1. The van der Waals surface area contributed by atoms with Gasteiger partial charge in [-0.05, 0) is 44.0 Å². The zero-order valence-electron chi connectivity index (χ0n) is 9.99. The Morgan fingerprint density at radius 3 is 2.62 bits per heavy atom. The minimum absolute atomic E-state index is 0.837. The van der Waals surface area contributed by atoms with E-state index in [9.17, 15) is 0 Å². The Hall–Kier alpha value is -1.77. The first kappa shape index (κ1) is 10.7. The summed E-state index contributed by atoms with van der Waals surface area (Å²) in [6.07, 6.45) is 2.08. The van der Waals surface area contributed by atoms with Gasteiger partial charge in [-0.1, -0.05) is 6.07 Å². The van der Waals surface area contributed by atoms with Crippen molar-refractivity contribution in [1.29, 1.82) is 0 Å². The molecule has 0 aliphatic carbocycles. The van der Waals surface area contributed by atoms with Crippen molar-refractivity contribution >= 4 is 5.69 Å². The van der Waals surface area contributed by atoms with Gasteiger partial charge in [0.15, 0.2) is 0 Å². The molecule has 2 N–H and O–H groups in total. The van der Waals surface area contributed by atoms with Gasteiger partial charge in [0.1, 0.15) is 0 Å². The number of nitrogens with zero attached hydrogens (tertiary/aromatic N) is 2. The van der Waals surface area contributed by atoms with Gasteiger partial charge in [0.05, 0.1) is 5.69 Å². The second-order valence-corrected chi connectivity index (χ2v) is 4.06. The summed E-state index contributed by atoms with van der Waals surface area (Å²) in [5.74, 6) is 0. The zero-order valence-corrected chi connectivity index (χ0v) is 9.99. The highest BCUT2D eigenvalue weighted by Gasteiger charge is 2.07. The fourth-order valence-electron chi connectivity index (χ4n) is 1.81. The van der Waals surface area contributed by atoms with Crippen LogP contribution in [-0.2, 0) is 6.54 Å². The maximum Gasteiger partial charge on any atom is 0.0672 e. The van der Waals surface area contributed by atoms with Crippen molar-refractivity contribution in [2.75, 3.05) is 5.73 Å². The van der Waals surface area contributed by atoms with Crippen molar-refractivity contribution in [2.24, 2.45) is 0 Å². The van der Waals surface area contributed by atoms with Crippen LogP contribution in [0.2, 0.25) is 0 Å². The maximum atomic E-state index is 5.82. The molecule has 3 nitrogen and oxygen atoms in total. The number of rotatable bonds is 2. The highest BCUT2D eigenvalue weighted by molar-refractivity contribution is 5.68. The molecule has 0 spiro atoms. The SMILES string of the molecule is CCn1cc(-c2ccc(N)c(C)c2)c(C)n1. The van der Waals surface area contributed by atoms with E-state index in [4.69, 9.17) is 5.73 Å². The Labute approximate surface area is 95.9 Å². The first-order valence-corrected chi connectivity index (χ1v) is 5.52. The summed E-state index contributed by atoms with van der Waals surface area (Å²) in [5.41, 5.74) is 11.2. The molecule has 1 aromatic heterocycles. The first-order valence-electron chi connectivity index (χ1n) is 5.52. The average molecular weight is 215 g/mol. The Kier molecular flexibility index (Phi) is 2.69. The largest absolute Gasteiger partial charge is 0.399 e. The van der Waals surface area contributed by atoms with E-state index in [1.807, 2.05) is 30.7 Å².